The Balaban J connectivity index is 0.000000845. The van der Waals surface area contributed by atoms with E-state index in [1.54, 1.807) is 0 Å². The fourth-order valence-electron chi connectivity index (χ4n) is 1.41. The first-order valence-electron chi connectivity index (χ1n) is 4.03. The molecule has 0 bridgehead atoms. The van der Waals surface area contributed by atoms with Crippen LogP contribution in [-0.4, -0.2) is 0 Å². The van der Waals surface area contributed by atoms with E-state index >= 15 is 0 Å². The Bertz CT molecular complexity index is 324. The Kier molecular flexibility index (Phi) is 2.66. The number of anilines is 2. The highest BCUT2D eigenvalue weighted by atomic mass is 35.5. The quantitative estimate of drug-likeness (QED) is 0.687. The second-order valence-electron chi connectivity index (χ2n) is 3.24. The minimum absolute atomic E-state index is 0. The zero-order valence-corrected chi connectivity index (χ0v) is 7.90. The lowest BCUT2D eigenvalue weighted by molar-refractivity contribution is 0.612. The molecular weight excluding hydrogens is 191 g/mol. The highest BCUT2D eigenvalue weighted by molar-refractivity contribution is 5.85. The van der Waals surface area contributed by atoms with Gasteiger partial charge >= 0.3 is 0 Å². The van der Waals surface area contributed by atoms with Crippen molar-refractivity contribution in [3.8, 4) is 0 Å². The zero-order valence-electron chi connectivity index (χ0n) is 7.09. The molecule has 1 aromatic rings. The molecule has 1 aliphatic carbocycles. The fourth-order valence-corrected chi connectivity index (χ4v) is 1.41. The SMILES string of the molecule is Cl.Nc1ccc(F)c(C2CC2)c1N. The minimum Gasteiger partial charge on any atom is -0.397 e. The second-order valence-corrected chi connectivity index (χ2v) is 3.24. The summed E-state index contributed by atoms with van der Waals surface area (Å²) in [6.45, 7) is 0. The van der Waals surface area contributed by atoms with Gasteiger partial charge in [0.15, 0.2) is 0 Å². The molecule has 0 aliphatic heterocycles. The van der Waals surface area contributed by atoms with Crippen molar-refractivity contribution >= 4 is 23.8 Å². The van der Waals surface area contributed by atoms with Gasteiger partial charge in [-0.2, -0.15) is 0 Å². The van der Waals surface area contributed by atoms with Crippen LogP contribution in [0.15, 0.2) is 12.1 Å². The summed E-state index contributed by atoms with van der Waals surface area (Å²) >= 11 is 0. The topological polar surface area (TPSA) is 52.0 Å². The molecular formula is C9H12ClFN2. The molecule has 72 valence electrons. The minimum atomic E-state index is -0.218. The Labute approximate surface area is 82.5 Å². The summed E-state index contributed by atoms with van der Waals surface area (Å²) < 4.78 is 13.2. The van der Waals surface area contributed by atoms with Crippen LogP contribution < -0.4 is 11.5 Å². The normalized spacial score (nSPS) is 15.2. The molecule has 1 aromatic carbocycles. The first-order chi connectivity index (χ1) is 5.70. The molecule has 2 nitrogen and oxygen atoms in total. The van der Waals surface area contributed by atoms with Gasteiger partial charge in [0, 0.05) is 5.56 Å². The molecule has 4 heteroatoms. The van der Waals surface area contributed by atoms with Crippen LogP contribution in [0.4, 0.5) is 15.8 Å². The van der Waals surface area contributed by atoms with Gasteiger partial charge in [-0.05, 0) is 30.9 Å². The van der Waals surface area contributed by atoms with Crippen LogP contribution in [0.1, 0.15) is 24.3 Å². The number of benzene rings is 1. The molecule has 0 spiro atoms. The van der Waals surface area contributed by atoms with Gasteiger partial charge in [0.05, 0.1) is 11.4 Å². The molecule has 0 radical (unpaired) electrons. The first kappa shape index (κ1) is 10.1. The maximum atomic E-state index is 13.2. The average Bonchev–Trinajstić information content (AvgIpc) is 2.81. The number of rotatable bonds is 1. The third kappa shape index (κ3) is 1.70. The summed E-state index contributed by atoms with van der Waals surface area (Å²) in [7, 11) is 0. The van der Waals surface area contributed by atoms with Gasteiger partial charge in [-0.3, -0.25) is 0 Å². The standard InChI is InChI=1S/C9H11FN2.ClH/c10-6-3-4-7(11)9(12)8(6)5-1-2-5;/h3-5H,1-2,11-12H2;1H. The van der Waals surface area contributed by atoms with Gasteiger partial charge in [0.25, 0.3) is 0 Å². The molecule has 1 saturated carbocycles. The van der Waals surface area contributed by atoms with Crippen LogP contribution >= 0.6 is 12.4 Å². The predicted octanol–water partition coefficient (Wildman–Crippen LogP) is 2.29. The number of halogens is 2. The third-order valence-corrected chi connectivity index (χ3v) is 2.25. The van der Waals surface area contributed by atoms with Gasteiger partial charge in [0.1, 0.15) is 5.82 Å². The van der Waals surface area contributed by atoms with Crippen LogP contribution in [-0.2, 0) is 0 Å². The first-order valence-corrected chi connectivity index (χ1v) is 4.03. The van der Waals surface area contributed by atoms with Crippen molar-refractivity contribution in [2.75, 3.05) is 11.5 Å². The molecule has 0 atom stereocenters. The lowest BCUT2D eigenvalue weighted by Crippen LogP contribution is -2.01. The molecule has 0 unspecified atom stereocenters. The molecule has 0 aromatic heterocycles. The molecule has 13 heavy (non-hydrogen) atoms. The van der Waals surface area contributed by atoms with Crippen LogP contribution in [0.25, 0.3) is 0 Å². The Hall–Kier alpha value is -0.960. The van der Waals surface area contributed by atoms with E-state index in [1.807, 2.05) is 0 Å². The van der Waals surface area contributed by atoms with E-state index in [4.69, 9.17) is 11.5 Å². The van der Waals surface area contributed by atoms with Crippen molar-refractivity contribution in [2.45, 2.75) is 18.8 Å². The van der Waals surface area contributed by atoms with E-state index in [9.17, 15) is 4.39 Å². The smallest absolute Gasteiger partial charge is 0.128 e. The van der Waals surface area contributed by atoms with E-state index < -0.39 is 0 Å². The highest BCUT2D eigenvalue weighted by Crippen LogP contribution is 2.45. The van der Waals surface area contributed by atoms with Gasteiger partial charge in [0.2, 0.25) is 0 Å². The molecule has 1 aliphatic rings. The maximum absolute atomic E-state index is 13.2. The van der Waals surface area contributed by atoms with E-state index in [0.29, 0.717) is 22.9 Å². The molecule has 4 N–H and O–H groups in total. The fraction of sp³-hybridized carbons (Fsp3) is 0.333. The van der Waals surface area contributed by atoms with Gasteiger partial charge in [-0.25, -0.2) is 4.39 Å². The highest BCUT2D eigenvalue weighted by Gasteiger charge is 2.29. The summed E-state index contributed by atoms with van der Waals surface area (Å²) in [4.78, 5) is 0. The van der Waals surface area contributed by atoms with Crippen LogP contribution in [0.2, 0.25) is 0 Å². The Morgan fingerprint density at radius 3 is 2.38 bits per heavy atom. The summed E-state index contributed by atoms with van der Waals surface area (Å²) in [5.41, 5.74) is 12.8. The summed E-state index contributed by atoms with van der Waals surface area (Å²) in [5, 5.41) is 0. The monoisotopic (exact) mass is 202 g/mol. The van der Waals surface area contributed by atoms with Gasteiger partial charge in [-0.1, -0.05) is 0 Å². The number of hydrogen-bond donors (Lipinski definition) is 2. The summed E-state index contributed by atoms with van der Waals surface area (Å²) in [5.74, 6) is 0.0951. The average molecular weight is 203 g/mol. The predicted molar refractivity (Wildman–Crippen MR) is 54.4 cm³/mol. The molecule has 0 saturated heterocycles. The van der Waals surface area contributed by atoms with E-state index in [0.717, 1.165) is 12.8 Å². The van der Waals surface area contributed by atoms with E-state index in [1.165, 1.54) is 12.1 Å². The van der Waals surface area contributed by atoms with Crippen molar-refractivity contribution in [1.82, 2.24) is 0 Å². The largest absolute Gasteiger partial charge is 0.397 e. The zero-order chi connectivity index (χ0) is 8.72. The summed E-state index contributed by atoms with van der Waals surface area (Å²) in [6, 6.07) is 2.90. The lowest BCUT2D eigenvalue weighted by atomic mass is 10.1. The number of nitrogens with two attached hydrogens (primary N) is 2. The van der Waals surface area contributed by atoms with Crippen molar-refractivity contribution < 1.29 is 4.39 Å². The Morgan fingerprint density at radius 2 is 1.85 bits per heavy atom. The van der Waals surface area contributed by atoms with Crippen molar-refractivity contribution in [3.05, 3.63) is 23.5 Å². The molecule has 2 rings (SSSR count). The van der Waals surface area contributed by atoms with Crippen molar-refractivity contribution in [1.29, 1.82) is 0 Å². The van der Waals surface area contributed by atoms with E-state index in [2.05, 4.69) is 0 Å². The molecule has 1 fully saturated rings. The van der Waals surface area contributed by atoms with Crippen molar-refractivity contribution in [2.24, 2.45) is 0 Å². The van der Waals surface area contributed by atoms with Crippen molar-refractivity contribution in [3.63, 3.8) is 0 Å². The van der Waals surface area contributed by atoms with Gasteiger partial charge in [-0.15, -0.1) is 12.4 Å². The molecule has 0 amide bonds. The third-order valence-electron chi connectivity index (χ3n) is 2.25. The van der Waals surface area contributed by atoms with Gasteiger partial charge < -0.3 is 11.5 Å². The second kappa shape index (κ2) is 3.42. The van der Waals surface area contributed by atoms with Crippen LogP contribution in [0, 0.1) is 5.82 Å². The maximum Gasteiger partial charge on any atom is 0.128 e. The van der Waals surface area contributed by atoms with Crippen LogP contribution in [0.3, 0.4) is 0 Å². The van der Waals surface area contributed by atoms with Crippen LogP contribution in [0.5, 0.6) is 0 Å². The van der Waals surface area contributed by atoms with E-state index in [-0.39, 0.29) is 18.2 Å². The molecule has 0 heterocycles. The number of nitrogen functional groups attached to an aromatic ring is 2. The summed E-state index contributed by atoms with van der Waals surface area (Å²) in [6.07, 6.45) is 2.06. The number of hydrogen-bond acceptors (Lipinski definition) is 2. The Morgan fingerprint density at radius 1 is 1.23 bits per heavy atom. The lowest BCUT2D eigenvalue weighted by Gasteiger charge is -2.07.